The van der Waals surface area contributed by atoms with Crippen molar-refractivity contribution in [2.75, 3.05) is 6.61 Å². The molecule has 0 aliphatic carbocycles. The van der Waals surface area contributed by atoms with Crippen LogP contribution in [0.3, 0.4) is 0 Å². The molecular formula is C25H23N5O2S. The molecule has 8 heteroatoms. The number of carbonyl (C=O) groups is 1. The molecule has 3 heterocycles. The maximum absolute atomic E-state index is 12.7. The number of aliphatic imine (C=N–C) groups is 1. The summed E-state index contributed by atoms with van der Waals surface area (Å²) >= 11 is 1.34. The fourth-order valence-corrected chi connectivity index (χ4v) is 4.70. The van der Waals surface area contributed by atoms with Gasteiger partial charge in [0.15, 0.2) is 5.84 Å². The van der Waals surface area contributed by atoms with Crippen LogP contribution in [-0.4, -0.2) is 38.1 Å². The predicted octanol–water partition coefficient (Wildman–Crippen LogP) is 5.06. The van der Waals surface area contributed by atoms with Crippen molar-refractivity contribution in [2.45, 2.75) is 26.8 Å². The average molecular weight is 458 g/mol. The lowest BCUT2D eigenvalue weighted by molar-refractivity contribution is -0.114. The van der Waals surface area contributed by atoms with E-state index in [0.29, 0.717) is 18.3 Å². The van der Waals surface area contributed by atoms with Gasteiger partial charge in [-0.2, -0.15) is 15.1 Å². The number of para-hydroxylation sites is 1. The van der Waals surface area contributed by atoms with E-state index in [0.717, 1.165) is 39.2 Å². The van der Waals surface area contributed by atoms with Gasteiger partial charge in [0, 0.05) is 22.7 Å². The van der Waals surface area contributed by atoms with Crippen molar-refractivity contribution in [3.63, 3.8) is 0 Å². The van der Waals surface area contributed by atoms with Crippen molar-refractivity contribution in [1.82, 2.24) is 9.58 Å². The van der Waals surface area contributed by atoms with Crippen LogP contribution in [0.1, 0.15) is 24.5 Å². The zero-order valence-electron chi connectivity index (χ0n) is 18.4. The lowest BCUT2D eigenvalue weighted by Gasteiger charge is -2.20. The molecule has 0 bridgehead atoms. The topological polar surface area (TPSA) is 83.0 Å². The molecule has 0 fully saturated rings. The Balaban J connectivity index is 1.43. The number of hydrogen-bond acceptors (Lipinski definition) is 5. The normalized spacial score (nSPS) is 16.9. The Morgan fingerprint density at radius 1 is 1.18 bits per heavy atom. The molecule has 0 saturated heterocycles. The minimum absolute atomic E-state index is 0.0561. The van der Waals surface area contributed by atoms with Gasteiger partial charge < -0.3 is 9.30 Å². The number of nitrogens with zero attached hydrogens (tertiary/aromatic N) is 4. The van der Waals surface area contributed by atoms with Crippen LogP contribution >= 0.6 is 11.8 Å². The molecular weight excluding hydrogens is 434 g/mol. The summed E-state index contributed by atoms with van der Waals surface area (Å²) in [4.78, 5) is 16.9. The smallest absolute Gasteiger partial charge is 0.283 e. The maximum Gasteiger partial charge on any atom is 0.283 e. The summed E-state index contributed by atoms with van der Waals surface area (Å²) in [6.45, 7) is 5.20. The van der Waals surface area contributed by atoms with Crippen molar-refractivity contribution in [1.29, 1.82) is 5.41 Å². The molecule has 0 radical (unpaired) electrons. The van der Waals surface area contributed by atoms with Gasteiger partial charge in [-0.25, -0.2) is 0 Å². The molecule has 1 aromatic heterocycles. The first-order chi connectivity index (χ1) is 16.0. The summed E-state index contributed by atoms with van der Waals surface area (Å²) in [5.74, 6) is 0.491. The highest BCUT2D eigenvalue weighted by molar-refractivity contribution is 8.26. The van der Waals surface area contributed by atoms with Crippen LogP contribution in [-0.2, 0) is 11.3 Å². The molecule has 166 valence electrons. The van der Waals surface area contributed by atoms with Crippen LogP contribution in [0.5, 0.6) is 5.75 Å². The van der Waals surface area contributed by atoms with Gasteiger partial charge >= 0.3 is 0 Å². The second-order valence-corrected chi connectivity index (χ2v) is 8.87. The van der Waals surface area contributed by atoms with Crippen LogP contribution in [0.25, 0.3) is 17.0 Å². The Kier molecular flexibility index (Phi) is 5.60. The number of aromatic nitrogens is 1. The van der Waals surface area contributed by atoms with E-state index in [1.165, 1.54) is 16.8 Å². The lowest BCUT2D eigenvalue weighted by atomic mass is 10.1. The number of aryl methyl sites for hydroxylation is 1. The quantitative estimate of drug-likeness (QED) is 0.525. The number of benzene rings is 2. The lowest BCUT2D eigenvalue weighted by Crippen LogP contribution is -2.35. The highest BCUT2D eigenvalue weighted by atomic mass is 32.2. The van der Waals surface area contributed by atoms with Gasteiger partial charge in [-0.1, -0.05) is 37.3 Å². The molecule has 5 rings (SSSR count). The van der Waals surface area contributed by atoms with Crippen molar-refractivity contribution < 1.29 is 9.53 Å². The van der Waals surface area contributed by atoms with E-state index in [1.807, 2.05) is 68.6 Å². The van der Waals surface area contributed by atoms with Crippen LogP contribution in [0.15, 0.2) is 70.4 Å². The van der Waals surface area contributed by atoms with Gasteiger partial charge in [-0.3, -0.25) is 10.2 Å². The summed E-state index contributed by atoms with van der Waals surface area (Å²) in [6, 6.07) is 16.0. The maximum atomic E-state index is 12.7. The summed E-state index contributed by atoms with van der Waals surface area (Å²) < 4.78 is 8.05. The molecule has 0 atom stereocenters. The summed E-state index contributed by atoms with van der Waals surface area (Å²) in [6.07, 6.45) is 4.48. The highest BCUT2D eigenvalue weighted by Crippen LogP contribution is 2.30. The van der Waals surface area contributed by atoms with Crippen molar-refractivity contribution in [3.8, 4) is 5.75 Å². The van der Waals surface area contributed by atoms with Gasteiger partial charge in [-0.05, 0) is 54.9 Å². The first-order valence-electron chi connectivity index (χ1n) is 10.8. The number of carbonyl (C=O) groups excluding carboxylic acids is 1. The molecule has 2 aliphatic rings. The van der Waals surface area contributed by atoms with Crippen LogP contribution in [0.2, 0.25) is 0 Å². The Bertz CT molecular complexity index is 1370. The Morgan fingerprint density at radius 2 is 2.03 bits per heavy atom. The van der Waals surface area contributed by atoms with Gasteiger partial charge in [0.05, 0.1) is 12.1 Å². The molecule has 0 saturated carbocycles. The number of amidine groups is 2. The van der Waals surface area contributed by atoms with E-state index < -0.39 is 5.91 Å². The highest BCUT2D eigenvalue weighted by Gasteiger charge is 2.35. The molecule has 7 nitrogen and oxygen atoms in total. The largest absolute Gasteiger partial charge is 0.492 e. The third kappa shape index (κ3) is 4.09. The standard InChI is InChI=1S/C25H23N5O2S/c1-3-22-28-30-23(26)20(24(31)27-25(30)33-22)14-17-15-29(21-10-5-4-9-19(17)21)11-12-32-18-8-6-7-16(2)13-18/h4-10,13-15,26H,3,11-12H2,1-2H3. The van der Waals surface area contributed by atoms with E-state index in [9.17, 15) is 4.79 Å². The molecule has 0 unspecified atom stereocenters. The molecule has 2 aliphatic heterocycles. The number of hydrogen-bond donors (Lipinski definition) is 1. The van der Waals surface area contributed by atoms with E-state index in [1.54, 1.807) is 6.08 Å². The first kappa shape index (κ1) is 21.2. The molecule has 2 aromatic carbocycles. The fourth-order valence-electron chi connectivity index (χ4n) is 3.87. The van der Waals surface area contributed by atoms with Gasteiger partial charge in [-0.15, -0.1) is 0 Å². The van der Waals surface area contributed by atoms with Gasteiger partial charge in [0.25, 0.3) is 5.91 Å². The first-order valence-corrected chi connectivity index (χ1v) is 11.6. The third-order valence-electron chi connectivity index (χ3n) is 5.51. The minimum atomic E-state index is -0.411. The van der Waals surface area contributed by atoms with E-state index >= 15 is 0 Å². The number of hydrazone groups is 1. The van der Waals surface area contributed by atoms with E-state index in [-0.39, 0.29) is 11.4 Å². The second kappa shape index (κ2) is 8.71. The second-order valence-electron chi connectivity index (χ2n) is 7.83. The van der Waals surface area contributed by atoms with Crippen LogP contribution < -0.4 is 4.74 Å². The summed E-state index contributed by atoms with van der Waals surface area (Å²) in [7, 11) is 0. The van der Waals surface area contributed by atoms with Crippen molar-refractivity contribution in [3.05, 3.63) is 71.4 Å². The monoisotopic (exact) mass is 457 g/mol. The number of rotatable bonds is 6. The third-order valence-corrected chi connectivity index (χ3v) is 6.56. The predicted molar refractivity (Wildman–Crippen MR) is 134 cm³/mol. The minimum Gasteiger partial charge on any atom is -0.492 e. The van der Waals surface area contributed by atoms with E-state index in [2.05, 4.69) is 14.7 Å². The van der Waals surface area contributed by atoms with Crippen LogP contribution in [0, 0.1) is 12.3 Å². The number of thioether (sulfide) groups is 1. The molecule has 1 N–H and O–H groups in total. The van der Waals surface area contributed by atoms with Gasteiger partial charge in [0.1, 0.15) is 17.4 Å². The number of amides is 1. The van der Waals surface area contributed by atoms with Crippen molar-refractivity contribution in [2.24, 2.45) is 10.1 Å². The molecule has 33 heavy (non-hydrogen) atoms. The fraction of sp³-hybridized carbons (Fsp3) is 0.200. The molecule has 1 amide bonds. The zero-order chi connectivity index (χ0) is 22.9. The molecule has 0 spiro atoms. The van der Waals surface area contributed by atoms with Gasteiger partial charge in [0.2, 0.25) is 5.17 Å². The Morgan fingerprint density at radius 3 is 2.85 bits per heavy atom. The number of ether oxygens (including phenoxy) is 1. The summed E-state index contributed by atoms with van der Waals surface area (Å²) in [5.41, 5.74) is 3.29. The zero-order valence-corrected chi connectivity index (χ0v) is 19.2. The van der Waals surface area contributed by atoms with Crippen LogP contribution in [0.4, 0.5) is 0 Å². The summed E-state index contributed by atoms with van der Waals surface area (Å²) in [5, 5.41) is 16.7. The molecule has 3 aromatic rings. The van der Waals surface area contributed by atoms with Crippen molar-refractivity contribution >= 4 is 50.7 Å². The number of nitrogens with one attached hydrogen (secondary N) is 1. The number of fused-ring (bicyclic) bond motifs is 2. The van der Waals surface area contributed by atoms with E-state index in [4.69, 9.17) is 10.1 Å². The average Bonchev–Trinajstić information content (AvgIpc) is 3.38. The SMILES string of the molecule is CCC1=NN2C(=N)C(=Cc3cn(CCOc4cccc(C)c4)c4ccccc34)C(=O)N=C2S1. The Hall–Kier alpha value is -3.65. The Labute approximate surface area is 196 Å².